The van der Waals surface area contributed by atoms with Gasteiger partial charge in [-0.05, 0) is 49.7 Å². The number of hydrogen-bond donors (Lipinski definition) is 2. The third-order valence-corrected chi connectivity index (χ3v) is 5.82. The van der Waals surface area contributed by atoms with Gasteiger partial charge in [-0.3, -0.25) is 4.79 Å². The average molecular weight is 516 g/mol. The number of ether oxygens (including phenoxy) is 1. The molecule has 0 bridgehead atoms. The number of aromatic nitrogens is 2. The highest BCUT2D eigenvalue weighted by Gasteiger charge is 2.20. The Hall–Kier alpha value is -4.50. The first-order valence-corrected chi connectivity index (χ1v) is 12.3. The molecule has 4 rings (SSSR count). The van der Waals surface area contributed by atoms with Crippen molar-refractivity contribution in [2.45, 2.75) is 13.3 Å². The van der Waals surface area contributed by atoms with E-state index in [0.29, 0.717) is 42.5 Å². The maximum absolute atomic E-state index is 13.6. The molecule has 2 N–H and O–H groups in total. The zero-order valence-corrected chi connectivity index (χ0v) is 21.4. The molecule has 0 unspecified atom stereocenters. The maximum Gasteiger partial charge on any atom is 0.322 e. The smallest absolute Gasteiger partial charge is 0.322 e. The summed E-state index contributed by atoms with van der Waals surface area (Å²) in [6, 6.07) is 24.1. The number of aryl methyl sites for hydroxylation is 1. The van der Waals surface area contributed by atoms with Crippen molar-refractivity contribution in [3.8, 4) is 16.9 Å². The van der Waals surface area contributed by atoms with Gasteiger partial charge in [-0.2, -0.15) is 5.10 Å². The maximum atomic E-state index is 13.6. The van der Waals surface area contributed by atoms with Crippen molar-refractivity contribution in [1.29, 1.82) is 0 Å². The number of nitrogens with one attached hydrogen (secondary N) is 2. The Morgan fingerprint density at radius 2 is 1.68 bits per heavy atom. The number of rotatable bonds is 10. The fourth-order valence-electron chi connectivity index (χ4n) is 3.85. The lowest BCUT2D eigenvalue weighted by Crippen LogP contribution is -2.41. The zero-order valence-electron chi connectivity index (χ0n) is 21.4. The van der Waals surface area contributed by atoms with E-state index < -0.39 is 11.9 Å². The summed E-state index contributed by atoms with van der Waals surface area (Å²) in [4.78, 5) is 27.6. The van der Waals surface area contributed by atoms with E-state index in [1.54, 1.807) is 30.0 Å². The number of anilines is 2. The number of halogens is 1. The van der Waals surface area contributed by atoms with Crippen LogP contribution < -0.4 is 10.6 Å². The zero-order chi connectivity index (χ0) is 26.9. The second kappa shape index (κ2) is 12.6. The summed E-state index contributed by atoms with van der Waals surface area (Å²) in [5.74, 6) is -0.373. The summed E-state index contributed by atoms with van der Waals surface area (Å²) in [5, 5.41) is 10.4. The van der Waals surface area contributed by atoms with Gasteiger partial charge in [0.2, 0.25) is 5.91 Å². The van der Waals surface area contributed by atoms with Crippen molar-refractivity contribution < 1.29 is 18.7 Å². The molecular weight excluding hydrogens is 485 g/mol. The minimum Gasteiger partial charge on any atom is -0.385 e. The number of carbonyl (C=O) groups is 2. The van der Waals surface area contributed by atoms with Crippen LogP contribution in [-0.4, -0.2) is 53.4 Å². The highest BCUT2D eigenvalue weighted by molar-refractivity contribution is 5.97. The number of carbonyl (C=O) groups excluding carboxylic acids is 2. The molecule has 38 heavy (non-hydrogen) atoms. The van der Waals surface area contributed by atoms with Crippen molar-refractivity contribution in [3.05, 3.63) is 96.3 Å². The summed E-state index contributed by atoms with van der Waals surface area (Å²) in [7, 11) is 1.59. The third kappa shape index (κ3) is 7.04. The van der Waals surface area contributed by atoms with E-state index in [1.165, 1.54) is 17.0 Å². The van der Waals surface area contributed by atoms with E-state index in [1.807, 2.05) is 61.5 Å². The molecule has 4 aromatic rings. The predicted molar refractivity (Wildman–Crippen MR) is 146 cm³/mol. The molecule has 0 aliphatic heterocycles. The number of nitrogens with zero attached hydrogens (tertiary/aromatic N) is 3. The Kier molecular flexibility index (Phi) is 8.84. The van der Waals surface area contributed by atoms with Gasteiger partial charge >= 0.3 is 6.03 Å². The van der Waals surface area contributed by atoms with Crippen LogP contribution in [0, 0.1) is 12.7 Å². The van der Waals surface area contributed by atoms with E-state index in [-0.39, 0.29) is 12.4 Å². The molecule has 0 saturated heterocycles. The van der Waals surface area contributed by atoms with E-state index in [4.69, 9.17) is 4.74 Å². The fraction of sp³-hybridized carbons (Fsp3) is 0.207. The molecule has 196 valence electrons. The highest BCUT2D eigenvalue weighted by atomic mass is 19.1. The Balaban J connectivity index is 1.54. The van der Waals surface area contributed by atoms with Crippen molar-refractivity contribution in [3.63, 3.8) is 0 Å². The van der Waals surface area contributed by atoms with E-state index in [0.717, 1.165) is 11.1 Å². The number of urea groups is 1. The molecule has 1 heterocycles. The summed E-state index contributed by atoms with van der Waals surface area (Å²) >= 11 is 0. The largest absolute Gasteiger partial charge is 0.385 e. The molecular formula is C29H30FN5O3. The summed E-state index contributed by atoms with van der Waals surface area (Å²) in [5.41, 5.74) is 3.80. The molecule has 9 heteroatoms. The summed E-state index contributed by atoms with van der Waals surface area (Å²) < 4.78 is 20.2. The highest BCUT2D eigenvalue weighted by Crippen LogP contribution is 2.25. The minimum atomic E-state index is -0.399. The number of methoxy groups -OCH3 is 1. The van der Waals surface area contributed by atoms with Crippen LogP contribution in [0.3, 0.4) is 0 Å². The first-order chi connectivity index (χ1) is 18.4. The Labute approximate surface area is 221 Å². The van der Waals surface area contributed by atoms with Gasteiger partial charge < -0.3 is 20.3 Å². The monoisotopic (exact) mass is 515 g/mol. The van der Waals surface area contributed by atoms with Gasteiger partial charge in [0.15, 0.2) is 0 Å². The quantitative estimate of drug-likeness (QED) is 0.273. The first-order valence-electron chi connectivity index (χ1n) is 12.3. The van der Waals surface area contributed by atoms with Crippen LogP contribution in [0.15, 0.2) is 84.9 Å². The lowest BCUT2D eigenvalue weighted by atomic mass is 10.1. The normalized spacial score (nSPS) is 10.7. The van der Waals surface area contributed by atoms with Gasteiger partial charge in [0.1, 0.15) is 18.2 Å². The molecule has 0 atom stereocenters. The second-order valence-corrected chi connectivity index (χ2v) is 8.78. The van der Waals surface area contributed by atoms with E-state index >= 15 is 0 Å². The van der Waals surface area contributed by atoms with Crippen molar-refractivity contribution in [2.24, 2.45) is 0 Å². The minimum absolute atomic E-state index is 0.184. The van der Waals surface area contributed by atoms with Gasteiger partial charge in [0.25, 0.3) is 0 Å². The molecule has 0 saturated carbocycles. The van der Waals surface area contributed by atoms with E-state index in [9.17, 15) is 14.0 Å². The second-order valence-electron chi connectivity index (χ2n) is 8.78. The predicted octanol–water partition coefficient (Wildman–Crippen LogP) is 5.50. The molecule has 1 aromatic heterocycles. The number of benzene rings is 3. The van der Waals surface area contributed by atoms with Crippen LogP contribution in [0.5, 0.6) is 0 Å². The Bertz CT molecular complexity index is 1360. The van der Waals surface area contributed by atoms with Crippen molar-refractivity contribution in [2.75, 3.05) is 37.4 Å². The van der Waals surface area contributed by atoms with Crippen LogP contribution in [0.2, 0.25) is 0 Å². The lowest BCUT2D eigenvalue weighted by Gasteiger charge is -2.22. The molecule has 3 amide bonds. The summed E-state index contributed by atoms with van der Waals surface area (Å²) in [6.45, 7) is 2.56. The van der Waals surface area contributed by atoms with E-state index in [2.05, 4.69) is 15.7 Å². The van der Waals surface area contributed by atoms with Crippen molar-refractivity contribution >= 4 is 23.4 Å². The first kappa shape index (κ1) is 26.6. The van der Waals surface area contributed by atoms with Gasteiger partial charge in [-0.25, -0.2) is 13.9 Å². The van der Waals surface area contributed by atoms with Gasteiger partial charge in [0, 0.05) is 37.6 Å². The number of amides is 3. The summed E-state index contributed by atoms with van der Waals surface area (Å²) in [6.07, 6.45) is 0.566. The van der Waals surface area contributed by atoms with Gasteiger partial charge in [0.05, 0.1) is 11.4 Å². The topological polar surface area (TPSA) is 88.5 Å². The molecule has 0 aliphatic rings. The van der Waals surface area contributed by atoms with Gasteiger partial charge in [-0.15, -0.1) is 0 Å². The molecule has 0 aliphatic carbocycles. The number of hydrogen-bond acceptors (Lipinski definition) is 4. The van der Waals surface area contributed by atoms with Crippen LogP contribution in [-0.2, 0) is 9.53 Å². The van der Waals surface area contributed by atoms with Gasteiger partial charge in [-0.1, -0.05) is 48.0 Å². The van der Waals surface area contributed by atoms with Crippen LogP contribution in [0.4, 0.5) is 20.7 Å². The van der Waals surface area contributed by atoms with Crippen LogP contribution in [0.25, 0.3) is 16.9 Å². The molecule has 3 aromatic carbocycles. The lowest BCUT2D eigenvalue weighted by molar-refractivity contribution is -0.116. The molecule has 0 radical (unpaired) electrons. The SMILES string of the molecule is COCCCN(CC(=O)Nc1cc(-c2ccccc2)nn1-c1ccc(F)cc1)C(=O)Nc1ccc(C)cc1. The molecule has 0 spiro atoms. The van der Waals surface area contributed by atoms with Crippen molar-refractivity contribution in [1.82, 2.24) is 14.7 Å². The average Bonchev–Trinajstić information content (AvgIpc) is 3.34. The molecule has 8 nitrogen and oxygen atoms in total. The Morgan fingerprint density at radius 1 is 0.974 bits per heavy atom. The van der Waals surface area contributed by atoms with Crippen LogP contribution >= 0.6 is 0 Å². The molecule has 0 fully saturated rings. The fourth-order valence-corrected chi connectivity index (χ4v) is 3.85. The standard InChI is InChI=1S/C29H30FN5O3/c1-21-9-13-24(14-10-21)31-29(37)34(17-6-18-38-2)20-28(36)32-27-19-26(22-7-4-3-5-8-22)33-35(27)25-15-11-23(30)12-16-25/h3-5,7-16,19H,6,17-18,20H2,1-2H3,(H,31,37)(H,32,36). The van der Waals surface area contributed by atoms with Crippen LogP contribution in [0.1, 0.15) is 12.0 Å². The third-order valence-electron chi connectivity index (χ3n) is 5.82. The Morgan fingerprint density at radius 3 is 2.37 bits per heavy atom.